The highest BCUT2D eigenvalue weighted by Gasteiger charge is 2.06. The molecule has 0 aliphatic heterocycles. The Balaban J connectivity index is 2.52. The van der Waals surface area contributed by atoms with Crippen LogP contribution in [-0.4, -0.2) is 25.3 Å². The van der Waals surface area contributed by atoms with Crippen molar-refractivity contribution in [2.75, 3.05) is 20.3 Å². The summed E-state index contributed by atoms with van der Waals surface area (Å²) in [6.45, 7) is 5.71. The highest BCUT2D eigenvalue weighted by atomic mass is 16.5. The topological polar surface area (TPSA) is 31.4 Å². The Labute approximate surface area is 91.4 Å². The fraction of sp³-hybridized carbons (Fsp3) is 0.583. The van der Waals surface area contributed by atoms with Crippen molar-refractivity contribution >= 4 is 0 Å². The molecule has 1 aromatic rings. The molecule has 0 aliphatic rings. The minimum absolute atomic E-state index is 0.441. The Morgan fingerprint density at radius 2 is 2.13 bits per heavy atom. The third-order valence-corrected chi connectivity index (χ3v) is 2.18. The molecule has 0 spiro atoms. The first-order valence-electron chi connectivity index (χ1n) is 5.31. The quantitative estimate of drug-likeness (QED) is 0.675. The highest BCUT2D eigenvalue weighted by molar-refractivity contribution is 5.32. The zero-order valence-electron chi connectivity index (χ0n) is 9.69. The normalized spacial score (nSPS) is 10.7. The van der Waals surface area contributed by atoms with Gasteiger partial charge in [0.25, 0.3) is 0 Å². The summed E-state index contributed by atoms with van der Waals surface area (Å²) in [7, 11) is 1.70. The van der Waals surface area contributed by atoms with E-state index in [0.29, 0.717) is 12.5 Å². The van der Waals surface area contributed by atoms with Crippen LogP contribution in [0.4, 0.5) is 0 Å². The van der Waals surface area contributed by atoms with E-state index < -0.39 is 0 Å². The van der Waals surface area contributed by atoms with Crippen LogP contribution in [0.1, 0.15) is 31.7 Å². The van der Waals surface area contributed by atoms with E-state index in [9.17, 15) is 0 Å². The Hall–Kier alpha value is -1.09. The zero-order chi connectivity index (χ0) is 11.1. The van der Waals surface area contributed by atoms with Crippen molar-refractivity contribution in [3.8, 4) is 5.75 Å². The molecule has 0 fully saturated rings. The number of ether oxygens (including phenoxy) is 2. The van der Waals surface area contributed by atoms with Crippen LogP contribution in [0.15, 0.2) is 18.5 Å². The molecule has 84 valence electrons. The fourth-order valence-electron chi connectivity index (χ4n) is 1.34. The van der Waals surface area contributed by atoms with Crippen LogP contribution in [0.3, 0.4) is 0 Å². The monoisotopic (exact) mass is 209 g/mol. The van der Waals surface area contributed by atoms with Gasteiger partial charge in [0.1, 0.15) is 5.75 Å². The van der Waals surface area contributed by atoms with Gasteiger partial charge in [0.2, 0.25) is 0 Å². The molecule has 1 aromatic heterocycles. The average molecular weight is 209 g/mol. The second-order valence-electron chi connectivity index (χ2n) is 3.76. The number of hydrogen-bond donors (Lipinski definition) is 0. The second-order valence-corrected chi connectivity index (χ2v) is 3.76. The molecule has 3 nitrogen and oxygen atoms in total. The minimum atomic E-state index is 0.441. The summed E-state index contributed by atoms with van der Waals surface area (Å²) in [5, 5.41) is 0. The second kappa shape index (κ2) is 6.40. The highest BCUT2D eigenvalue weighted by Crippen LogP contribution is 2.24. The van der Waals surface area contributed by atoms with Crippen LogP contribution in [0.5, 0.6) is 5.75 Å². The molecule has 0 atom stereocenters. The van der Waals surface area contributed by atoms with Gasteiger partial charge >= 0.3 is 0 Å². The summed E-state index contributed by atoms with van der Waals surface area (Å²) >= 11 is 0. The molecule has 1 heterocycles. The molecule has 0 N–H and O–H groups in total. The maximum Gasteiger partial charge on any atom is 0.125 e. The van der Waals surface area contributed by atoms with E-state index in [4.69, 9.17) is 9.47 Å². The van der Waals surface area contributed by atoms with Crippen LogP contribution >= 0.6 is 0 Å². The Kier molecular flexibility index (Phi) is 5.12. The maximum atomic E-state index is 5.68. The molecule has 0 saturated heterocycles. The lowest BCUT2D eigenvalue weighted by Crippen LogP contribution is -2.04. The lowest BCUT2D eigenvalue weighted by atomic mass is 10.1. The van der Waals surface area contributed by atoms with Gasteiger partial charge in [-0.15, -0.1) is 0 Å². The summed E-state index contributed by atoms with van der Waals surface area (Å²) in [6, 6.07) is 1.92. The van der Waals surface area contributed by atoms with Crippen LogP contribution in [0.25, 0.3) is 0 Å². The lowest BCUT2D eigenvalue weighted by Gasteiger charge is -2.12. The van der Waals surface area contributed by atoms with Gasteiger partial charge < -0.3 is 9.47 Å². The van der Waals surface area contributed by atoms with Gasteiger partial charge in [0.05, 0.1) is 6.61 Å². The molecule has 0 aromatic carbocycles. The van der Waals surface area contributed by atoms with Crippen molar-refractivity contribution in [2.45, 2.75) is 26.2 Å². The molecule has 3 heteroatoms. The molecular weight excluding hydrogens is 190 g/mol. The smallest absolute Gasteiger partial charge is 0.125 e. The van der Waals surface area contributed by atoms with E-state index in [0.717, 1.165) is 24.3 Å². The Morgan fingerprint density at radius 1 is 1.33 bits per heavy atom. The van der Waals surface area contributed by atoms with Crippen molar-refractivity contribution in [3.05, 3.63) is 24.0 Å². The predicted molar refractivity (Wildman–Crippen MR) is 60.3 cm³/mol. The average Bonchev–Trinajstić information content (AvgIpc) is 2.25. The van der Waals surface area contributed by atoms with E-state index in [2.05, 4.69) is 18.8 Å². The van der Waals surface area contributed by atoms with Crippen molar-refractivity contribution in [3.63, 3.8) is 0 Å². The van der Waals surface area contributed by atoms with Gasteiger partial charge in [0.15, 0.2) is 0 Å². The van der Waals surface area contributed by atoms with Crippen molar-refractivity contribution < 1.29 is 9.47 Å². The largest absolute Gasteiger partial charge is 0.493 e. The van der Waals surface area contributed by atoms with Gasteiger partial charge in [-0.1, -0.05) is 13.8 Å². The standard InChI is InChI=1S/C12H19NO2/c1-10(2)11-9-13-6-5-12(11)15-8-4-7-14-3/h5-6,9-10H,4,7-8H2,1-3H3. The predicted octanol–water partition coefficient (Wildman–Crippen LogP) is 2.62. The van der Waals surface area contributed by atoms with E-state index in [1.165, 1.54) is 0 Å². The first-order chi connectivity index (χ1) is 7.25. The molecule has 0 bridgehead atoms. The summed E-state index contributed by atoms with van der Waals surface area (Å²) in [5.74, 6) is 1.38. The van der Waals surface area contributed by atoms with Crippen molar-refractivity contribution in [1.29, 1.82) is 0 Å². The molecule has 0 radical (unpaired) electrons. The Morgan fingerprint density at radius 3 is 2.80 bits per heavy atom. The van der Waals surface area contributed by atoms with Gasteiger partial charge in [-0.2, -0.15) is 0 Å². The van der Waals surface area contributed by atoms with Crippen LogP contribution in [0, 0.1) is 0 Å². The Bertz CT molecular complexity index is 287. The van der Waals surface area contributed by atoms with Gasteiger partial charge in [-0.3, -0.25) is 4.98 Å². The summed E-state index contributed by atoms with van der Waals surface area (Å²) < 4.78 is 10.6. The number of rotatable bonds is 6. The molecule has 1 rings (SSSR count). The number of methoxy groups -OCH3 is 1. The van der Waals surface area contributed by atoms with Gasteiger partial charge in [-0.25, -0.2) is 0 Å². The molecular formula is C12H19NO2. The molecule has 0 amide bonds. The first kappa shape index (κ1) is 12.0. The maximum absolute atomic E-state index is 5.68. The van der Waals surface area contributed by atoms with Gasteiger partial charge in [0, 0.05) is 38.1 Å². The number of nitrogens with zero attached hydrogens (tertiary/aromatic N) is 1. The minimum Gasteiger partial charge on any atom is -0.493 e. The van der Waals surface area contributed by atoms with E-state index in [1.54, 1.807) is 13.3 Å². The van der Waals surface area contributed by atoms with E-state index in [1.807, 2.05) is 12.3 Å². The molecule has 15 heavy (non-hydrogen) atoms. The third kappa shape index (κ3) is 3.88. The first-order valence-corrected chi connectivity index (χ1v) is 5.31. The molecule has 0 saturated carbocycles. The summed E-state index contributed by atoms with van der Waals surface area (Å²) in [4.78, 5) is 4.11. The van der Waals surface area contributed by atoms with Gasteiger partial charge in [-0.05, 0) is 12.0 Å². The number of hydrogen-bond acceptors (Lipinski definition) is 3. The van der Waals surface area contributed by atoms with Crippen LogP contribution in [0.2, 0.25) is 0 Å². The number of pyridine rings is 1. The number of aromatic nitrogens is 1. The molecule has 0 aliphatic carbocycles. The van der Waals surface area contributed by atoms with E-state index in [-0.39, 0.29) is 0 Å². The lowest BCUT2D eigenvalue weighted by molar-refractivity contribution is 0.171. The summed E-state index contributed by atoms with van der Waals surface area (Å²) in [6.07, 6.45) is 4.55. The SMILES string of the molecule is COCCCOc1ccncc1C(C)C. The van der Waals surface area contributed by atoms with Crippen LogP contribution < -0.4 is 4.74 Å². The fourth-order valence-corrected chi connectivity index (χ4v) is 1.34. The third-order valence-electron chi connectivity index (χ3n) is 2.18. The van der Waals surface area contributed by atoms with E-state index >= 15 is 0 Å². The van der Waals surface area contributed by atoms with Crippen molar-refractivity contribution in [2.24, 2.45) is 0 Å². The zero-order valence-corrected chi connectivity index (χ0v) is 9.69. The van der Waals surface area contributed by atoms with Crippen LogP contribution in [-0.2, 0) is 4.74 Å². The van der Waals surface area contributed by atoms with Crippen molar-refractivity contribution in [1.82, 2.24) is 4.98 Å². The summed E-state index contributed by atoms with van der Waals surface area (Å²) in [5.41, 5.74) is 1.16. The molecule has 0 unspecified atom stereocenters.